The van der Waals surface area contributed by atoms with Gasteiger partial charge in [0.1, 0.15) is 5.75 Å². The topological polar surface area (TPSA) is 29.5 Å². The second-order valence-corrected chi connectivity index (χ2v) is 4.77. The van der Waals surface area contributed by atoms with Crippen molar-refractivity contribution >= 4 is 11.3 Å². The van der Waals surface area contributed by atoms with Crippen molar-refractivity contribution in [3.8, 4) is 5.75 Å². The summed E-state index contributed by atoms with van der Waals surface area (Å²) in [6.07, 6.45) is 2.80. The van der Waals surface area contributed by atoms with E-state index in [0.29, 0.717) is 5.92 Å². The van der Waals surface area contributed by atoms with Crippen molar-refractivity contribution in [1.82, 2.24) is 0 Å². The molecule has 0 aromatic carbocycles. The average Bonchev–Trinajstić information content (AvgIpc) is 2.74. The Balaban J connectivity index is 2.55. The van der Waals surface area contributed by atoms with Gasteiger partial charge in [0.05, 0.1) is 13.2 Å². The van der Waals surface area contributed by atoms with E-state index >= 15 is 0 Å². The summed E-state index contributed by atoms with van der Waals surface area (Å²) in [5.41, 5.74) is 0. The maximum absolute atomic E-state index is 10.0. The zero-order valence-corrected chi connectivity index (χ0v) is 10.5. The highest BCUT2D eigenvalue weighted by Crippen LogP contribution is 2.31. The number of aliphatic hydroxyl groups excluding tert-OH is 1. The summed E-state index contributed by atoms with van der Waals surface area (Å²) in [4.78, 5) is 1.01. The molecule has 0 aliphatic rings. The van der Waals surface area contributed by atoms with Gasteiger partial charge in [-0.1, -0.05) is 26.7 Å². The molecule has 0 aliphatic carbocycles. The van der Waals surface area contributed by atoms with Gasteiger partial charge in [0.25, 0.3) is 0 Å². The molecule has 1 unspecified atom stereocenters. The van der Waals surface area contributed by atoms with Crippen LogP contribution in [-0.4, -0.2) is 12.2 Å². The van der Waals surface area contributed by atoms with Gasteiger partial charge in [-0.3, -0.25) is 0 Å². The Morgan fingerprint density at radius 2 is 2.07 bits per heavy atom. The number of methoxy groups -OCH3 is 1. The summed E-state index contributed by atoms with van der Waals surface area (Å²) in [7, 11) is 1.65. The maximum Gasteiger partial charge on any atom is 0.129 e. The van der Waals surface area contributed by atoms with Crippen LogP contribution in [0.5, 0.6) is 5.75 Å². The van der Waals surface area contributed by atoms with Crippen molar-refractivity contribution in [2.45, 2.75) is 39.2 Å². The van der Waals surface area contributed by atoms with Gasteiger partial charge in [-0.05, 0) is 18.4 Å². The summed E-state index contributed by atoms with van der Waals surface area (Å²) < 4.78 is 5.10. The maximum atomic E-state index is 10.0. The van der Waals surface area contributed by atoms with Crippen LogP contribution in [0.4, 0.5) is 0 Å². The molecule has 1 aromatic heterocycles. The van der Waals surface area contributed by atoms with E-state index in [2.05, 4.69) is 13.8 Å². The van der Waals surface area contributed by atoms with E-state index in [1.54, 1.807) is 18.4 Å². The predicted molar refractivity (Wildman–Crippen MR) is 64.5 cm³/mol. The fourth-order valence-electron chi connectivity index (χ4n) is 1.67. The van der Waals surface area contributed by atoms with Gasteiger partial charge in [0.15, 0.2) is 0 Å². The molecule has 0 radical (unpaired) electrons. The van der Waals surface area contributed by atoms with Crippen molar-refractivity contribution < 1.29 is 9.84 Å². The summed E-state index contributed by atoms with van der Waals surface area (Å²) >= 11 is 1.57. The lowest BCUT2D eigenvalue weighted by molar-refractivity contribution is 0.144. The van der Waals surface area contributed by atoms with Crippen molar-refractivity contribution in [3.05, 3.63) is 16.3 Å². The van der Waals surface area contributed by atoms with Crippen LogP contribution in [0.25, 0.3) is 0 Å². The van der Waals surface area contributed by atoms with Crippen LogP contribution in [0.1, 0.15) is 44.1 Å². The standard InChI is InChI=1S/C12H20O2S/c1-4-9(5-2)6-11(13)12-7-10(14-3)8-15-12/h7-9,11,13H,4-6H2,1-3H3. The first-order valence-electron chi connectivity index (χ1n) is 5.51. The molecule has 1 atom stereocenters. The van der Waals surface area contributed by atoms with Crippen LogP contribution in [0, 0.1) is 5.92 Å². The molecule has 15 heavy (non-hydrogen) atoms. The summed E-state index contributed by atoms with van der Waals surface area (Å²) in [6, 6.07) is 1.93. The predicted octanol–water partition coefficient (Wildman–Crippen LogP) is 3.62. The Morgan fingerprint density at radius 1 is 1.40 bits per heavy atom. The Kier molecular flexibility index (Phi) is 5.12. The van der Waals surface area contributed by atoms with Gasteiger partial charge < -0.3 is 9.84 Å². The van der Waals surface area contributed by atoms with Crippen molar-refractivity contribution in [2.24, 2.45) is 5.92 Å². The van der Waals surface area contributed by atoms with Gasteiger partial charge in [-0.25, -0.2) is 0 Å². The highest BCUT2D eigenvalue weighted by atomic mass is 32.1. The van der Waals surface area contributed by atoms with Crippen molar-refractivity contribution in [1.29, 1.82) is 0 Å². The van der Waals surface area contributed by atoms with E-state index in [0.717, 1.165) is 29.9 Å². The third kappa shape index (κ3) is 3.50. The molecular weight excluding hydrogens is 208 g/mol. The Hall–Kier alpha value is -0.540. The molecule has 1 heterocycles. The lowest BCUT2D eigenvalue weighted by Crippen LogP contribution is -2.04. The SMILES string of the molecule is CCC(CC)CC(O)c1cc(OC)cs1. The van der Waals surface area contributed by atoms with E-state index in [9.17, 15) is 5.11 Å². The number of aliphatic hydroxyl groups is 1. The Bertz CT molecular complexity index is 279. The van der Waals surface area contributed by atoms with E-state index in [1.165, 1.54) is 0 Å². The molecule has 0 saturated heterocycles. The molecule has 0 spiro atoms. The van der Waals surface area contributed by atoms with Crippen LogP contribution in [0.3, 0.4) is 0 Å². The smallest absolute Gasteiger partial charge is 0.129 e. The van der Waals surface area contributed by atoms with E-state index in [4.69, 9.17) is 4.74 Å². The van der Waals surface area contributed by atoms with Crippen LogP contribution < -0.4 is 4.74 Å². The molecular formula is C12H20O2S. The molecule has 0 aliphatic heterocycles. The minimum Gasteiger partial charge on any atom is -0.496 e. The second-order valence-electron chi connectivity index (χ2n) is 3.82. The van der Waals surface area contributed by atoms with Gasteiger partial charge >= 0.3 is 0 Å². The lowest BCUT2D eigenvalue weighted by Gasteiger charge is -2.15. The van der Waals surface area contributed by atoms with Crippen molar-refractivity contribution in [3.63, 3.8) is 0 Å². The summed E-state index contributed by atoms with van der Waals surface area (Å²) in [5, 5.41) is 12.0. The van der Waals surface area contributed by atoms with Crippen molar-refractivity contribution in [2.75, 3.05) is 7.11 Å². The molecule has 1 aromatic rings. The van der Waals surface area contributed by atoms with Crippen LogP contribution in [0.15, 0.2) is 11.4 Å². The first kappa shape index (κ1) is 12.5. The molecule has 0 bridgehead atoms. The average molecular weight is 228 g/mol. The minimum atomic E-state index is -0.330. The second kappa shape index (κ2) is 6.13. The molecule has 0 fully saturated rings. The number of thiophene rings is 1. The van der Waals surface area contributed by atoms with Crippen LogP contribution in [-0.2, 0) is 0 Å². The summed E-state index contributed by atoms with van der Waals surface area (Å²) in [5.74, 6) is 1.46. The highest BCUT2D eigenvalue weighted by Gasteiger charge is 2.15. The van der Waals surface area contributed by atoms with E-state index < -0.39 is 0 Å². The van der Waals surface area contributed by atoms with Gasteiger partial charge in [-0.15, -0.1) is 11.3 Å². The van der Waals surface area contributed by atoms with Gasteiger partial charge in [0.2, 0.25) is 0 Å². The Morgan fingerprint density at radius 3 is 2.53 bits per heavy atom. The first-order valence-corrected chi connectivity index (χ1v) is 6.39. The number of ether oxygens (including phenoxy) is 1. The number of hydrogen-bond acceptors (Lipinski definition) is 3. The zero-order chi connectivity index (χ0) is 11.3. The van der Waals surface area contributed by atoms with E-state index in [1.807, 2.05) is 11.4 Å². The highest BCUT2D eigenvalue weighted by molar-refractivity contribution is 7.10. The fourth-order valence-corrected chi connectivity index (χ4v) is 2.52. The monoisotopic (exact) mass is 228 g/mol. The minimum absolute atomic E-state index is 0.330. The quantitative estimate of drug-likeness (QED) is 0.806. The Labute approximate surface area is 95.9 Å². The van der Waals surface area contributed by atoms with Crippen LogP contribution in [0.2, 0.25) is 0 Å². The molecule has 0 saturated carbocycles. The summed E-state index contributed by atoms with van der Waals surface area (Å²) in [6.45, 7) is 4.35. The fraction of sp³-hybridized carbons (Fsp3) is 0.667. The molecule has 1 rings (SSSR count). The van der Waals surface area contributed by atoms with Gasteiger partial charge in [0, 0.05) is 10.3 Å². The third-order valence-electron chi connectivity index (χ3n) is 2.87. The number of rotatable bonds is 6. The number of hydrogen-bond donors (Lipinski definition) is 1. The molecule has 86 valence electrons. The van der Waals surface area contributed by atoms with Crippen LogP contribution >= 0.6 is 11.3 Å². The normalized spacial score (nSPS) is 13.1. The molecule has 2 nitrogen and oxygen atoms in total. The van der Waals surface area contributed by atoms with E-state index in [-0.39, 0.29) is 6.10 Å². The largest absolute Gasteiger partial charge is 0.496 e. The third-order valence-corrected chi connectivity index (χ3v) is 3.88. The van der Waals surface area contributed by atoms with Gasteiger partial charge in [-0.2, -0.15) is 0 Å². The molecule has 0 amide bonds. The lowest BCUT2D eigenvalue weighted by atomic mass is 9.95. The first-order chi connectivity index (χ1) is 7.21. The molecule has 1 N–H and O–H groups in total. The zero-order valence-electron chi connectivity index (χ0n) is 9.69. The molecule has 3 heteroatoms.